The highest BCUT2D eigenvalue weighted by molar-refractivity contribution is 7.17. The van der Waals surface area contributed by atoms with Gasteiger partial charge < -0.3 is 0 Å². The first-order chi connectivity index (χ1) is 6.50. The van der Waals surface area contributed by atoms with Crippen LogP contribution in [-0.4, -0.2) is 4.98 Å². The molecule has 0 radical (unpaired) electrons. The van der Waals surface area contributed by atoms with Crippen LogP contribution in [0, 0.1) is 6.92 Å². The Morgan fingerprint density at radius 1 is 1.29 bits per heavy atom. The van der Waals surface area contributed by atoms with Gasteiger partial charge in [0.1, 0.15) is 0 Å². The van der Waals surface area contributed by atoms with Crippen molar-refractivity contribution < 1.29 is 0 Å². The molecule has 14 heavy (non-hydrogen) atoms. The van der Waals surface area contributed by atoms with Crippen LogP contribution < -0.4 is 0 Å². The van der Waals surface area contributed by atoms with Gasteiger partial charge in [-0.3, -0.25) is 4.98 Å². The van der Waals surface area contributed by atoms with Crippen molar-refractivity contribution in [1.82, 2.24) is 4.98 Å². The quantitative estimate of drug-likeness (QED) is 0.635. The zero-order valence-electron chi connectivity index (χ0n) is 9.09. The third-order valence-corrected chi connectivity index (χ3v) is 3.56. The molecular formula is C12H15NS. The van der Waals surface area contributed by atoms with Gasteiger partial charge in [0, 0.05) is 6.20 Å². The fraction of sp³-hybridized carbons (Fsp3) is 0.417. The molecule has 0 aliphatic heterocycles. The maximum atomic E-state index is 4.43. The van der Waals surface area contributed by atoms with E-state index in [9.17, 15) is 0 Å². The van der Waals surface area contributed by atoms with Gasteiger partial charge in [0.2, 0.25) is 0 Å². The number of aryl methyl sites for hydroxylation is 1. The van der Waals surface area contributed by atoms with Crippen molar-refractivity contribution in [2.24, 2.45) is 0 Å². The van der Waals surface area contributed by atoms with E-state index in [1.54, 1.807) is 11.3 Å². The van der Waals surface area contributed by atoms with Gasteiger partial charge in [-0.25, -0.2) is 0 Å². The standard InChI is InChI=1S/C12H15NS/c1-8-7-14-11-9(12(2,3)4)5-6-13-10(8)11/h5-7H,1-4H3. The molecule has 0 atom stereocenters. The lowest BCUT2D eigenvalue weighted by Gasteiger charge is -2.19. The van der Waals surface area contributed by atoms with E-state index >= 15 is 0 Å². The molecule has 2 rings (SSSR count). The number of nitrogens with zero attached hydrogens (tertiary/aromatic N) is 1. The Balaban J connectivity index is 2.79. The number of hydrogen-bond acceptors (Lipinski definition) is 2. The van der Waals surface area contributed by atoms with Crippen molar-refractivity contribution in [3.63, 3.8) is 0 Å². The zero-order valence-corrected chi connectivity index (χ0v) is 9.90. The number of aromatic nitrogens is 1. The fourth-order valence-corrected chi connectivity index (χ4v) is 2.87. The topological polar surface area (TPSA) is 12.9 Å². The molecule has 0 fully saturated rings. The van der Waals surface area contributed by atoms with Crippen molar-refractivity contribution in [3.05, 3.63) is 28.8 Å². The molecule has 0 aromatic carbocycles. The van der Waals surface area contributed by atoms with E-state index in [4.69, 9.17) is 0 Å². The Kier molecular flexibility index (Phi) is 2.11. The molecule has 74 valence electrons. The summed E-state index contributed by atoms with van der Waals surface area (Å²) in [7, 11) is 0. The molecule has 2 aromatic heterocycles. The lowest BCUT2D eigenvalue weighted by molar-refractivity contribution is 0.596. The van der Waals surface area contributed by atoms with Crippen LogP contribution >= 0.6 is 11.3 Å². The van der Waals surface area contributed by atoms with E-state index in [0.29, 0.717) is 0 Å². The summed E-state index contributed by atoms with van der Waals surface area (Å²) in [5.74, 6) is 0. The van der Waals surface area contributed by atoms with Gasteiger partial charge in [-0.1, -0.05) is 20.8 Å². The van der Waals surface area contributed by atoms with Crippen LogP contribution in [0.25, 0.3) is 10.2 Å². The van der Waals surface area contributed by atoms with E-state index < -0.39 is 0 Å². The molecule has 2 heterocycles. The summed E-state index contributed by atoms with van der Waals surface area (Å²) in [6.07, 6.45) is 1.92. The second kappa shape index (κ2) is 3.06. The number of rotatable bonds is 0. The SMILES string of the molecule is Cc1csc2c(C(C)(C)C)ccnc12. The normalized spacial score (nSPS) is 12.3. The van der Waals surface area contributed by atoms with Crippen molar-refractivity contribution in [3.8, 4) is 0 Å². The molecular weight excluding hydrogens is 190 g/mol. The minimum Gasteiger partial charge on any atom is -0.255 e. The third kappa shape index (κ3) is 1.44. The first kappa shape index (κ1) is 9.66. The molecule has 0 bridgehead atoms. The lowest BCUT2D eigenvalue weighted by atomic mass is 9.87. The summed E-state index contributed by atoms with van der Waals surface area (Å²) < 4.78 is 1.34. The summed E-state index contributed by atoms with van der Waals surface area (Å²) in [6.45, 7) is 8.86. The molecule has 0 spiro atoms. The van der Waals surface area contributed by atoms with Crippen molar-refractivity contribution >= 4 is 21.6 Å². The van der Waals surface area contributed by atoms with Crippen LogP contribution in [-0.2, 0) is 5.41 Å². The Labute approximate surface area is 88.8 Å². The van der Waals surface area contributed by atoms with E-state index in [2.05, 4.69) is 44.1 Å². The molecule has 0 saturated heterocycles. The number of fused-ring (bicyclic) bond motifs is 1. The molecule has 2 heteroatoms. The third-order valence-electron chi connectivity index (χ3n) is 2.44. The highest BCUT2D eigenvalue weighted by Crippen LogP contribution is 2.33. The van der Waals surface area contributed by atoms with E-state index in [0.717, 1.165) is 0 Å². The monoisotopic (exact) mass is 205 g/mol. The first-order valence-corrected chi connectivity index (χ1v) is 5.71. The second-order valence-electron chi connectivity index (χ2n) is 4.70. The van der Waals surface area contributed by atoms with E-state index in [1.807, 2.05) is 6.20 Å². The molecule has 0 saturated carbocycles. The Morgan fingerprint density at radius 2 is 2.00 bits per heavy atom. The summed E-state index contributed by atoms with van der Waals surface area (Å²) >= 11 is 1.80. The summed E-state index contributed by atoms with van der Waals surface area (Å²) in [4.78, 5) is 4.43. The first-order valence-electron chi connectivity index (χ1n) is 4.83. The van der Waals surface area contributed by atoms with E-state index in [1.165, 1.54) is 21.3 Å². The molecule has 0 amide bonds. The molecule has 0 aliphatic carbocycles. The predicted molar refractivity (Wildman–Crippen MR) is 63.1 cm³/mol. The van der Waals surface area contributed by atoms with Crippen molar-refractivity contribution in [1.29, 1.82) is 0 Å². The highest BCUT2D eigenvalue weighted by Gasteiger charge is 2.18. The lowest BCUT2D eigenvalue weighted by Crippen LogP contribution is -2.11. The van der Waals surface area contributed by atoms with Gasteiger partial charge >= 0.3 is 0 Å². The van der Waals surface area contributed by atoms with Crippen LogP contribution in [0.15, 0.2) is 17.6 Å². The largest absolute Gasteiger partial charge is 0.255 e. The number of pyridine rings is 1. The minimum absolute atomic E-state index is 0.207. The maximum Gasteiger partial charge on any atom is 0.0841 e. The Hall–Kier alpha value is -0.890. The van der Waals surface area contributed by atoms with Crippen molar-refractivity contribution in [2.75, 3.05) is 0 Å². The molecule has 2 aromatic rings. The van der Waals surface area contributed by atoms with Crippen LogP contribution in [0.2, 0.25) is 0 Å². The van der Waals surface area contributed by atoms with Gasteiger partial charge in [-0.15, -0.1) is 11.3 Å². The Bertz CT molecular complexity index is 463. The fourth-order valence-electron chi connectivity index (χ4n) is 1.64. The molecule has 0 N–H and O–H groups in total. The minimum atomic E-state index is 0.207. The van der Waals surface area contributed by atoms with Crippen LogP contribution in [0.1, 0.15) is 31.9 Å². The summed E-state index contributed by atoms with van der Waals surface area (Å²) in [5, 5.41) is 2.19. The van der Waals surface area contributed by atoms with Crippen LogP contribution in [0.4, 0.5) is 0 Å². The smallest absolute Gasteiger partial charge is 0.0841 e. The van der Waals surface area contributed by atoms with E-state index in [-0.39, 0.29) is 5.41 Å². The number of hydrogen-bond donors (Lipinski definition) is 0. The van der Waals surface area contributed by atoms with Crippen molar-refractivity contribution in [2.45, 2.75) is 33.1 Å². The summed E-state index contributed by atoms with van der Waals surface area (Å²) in [5.41, 5.74) is 4.07. The maximum absolute atomic E-state index is 4.43. The summed E-state index contributed by atoms with van der Waals surface area (Å²) in [6, 6.07) is 2.14. The molecule has 0 unspecified atom stereocenters. The zero-order chi connectivity index (χ0) is 10.3. The molecule has 0 aliphatic rings. The van der Waals surface area contributed by atoms with Gasteiger partial charge in [-0.05, 0) is 34.9 Å². The average Bonchev–Trinajstić information content (AvgIpc) is 2.46. The van der Waals surface area contributed by atoms with Gasteiger partial charge in [0.05, 0.1) is 10.2 Å². The highest BCUT2D eigenvalue weighted by atomic mass is 32.1. The van der Waals surface area contributed by atoms with Gasteiger partial charge in [0.25, 0.3) is 0 Å². The molecule has 1 nitrogen and oxygen atoms in total. The van der Waals surface area contributed by atoms with Crippen LogP contribution in [0.5, 0.6) is 0 Å². The number of thiophene rings is 1. The Morgan fingerprint density at radius 3 is 2.64 bits per heavy atom. The van der Waals surface area contributed by atoms with Gasteiger partial charge in [0.15, 0.2) is 0 Å². The van der Waals surface area contributed by atoms with Gasteiger partial charge in [-0.2, -0.15) is 0 Å². The predicted octanol–water partition coefficient (Wildman–Crippen LogP) is 3.90. The second-order valence-corrected chi connectivity index (χ2v) is 5.58. The van der Waals surface area contributed by atoms with Crippen LogP contribution in [0.3, 0.4) is 0 Å². The average molecular weight is 205 g/mol.